The van der Waals surface area contributed by atoms with E-state index in [0.29, 0.717) is 17.8 Å². The quantitative estimate of drug-likeness (QED) is 0.448. The van der Waals surface area contributed by atoms with Crippen molar-refractivity contribution >= 4 is 5.78 Å². The third-order valence-electron chi connectivity index (χ3n) is 12.6. The highest BCUT2D eigenvalue weighted by molar-refractivity contribution is 5.95. The fourth-order valence-electron chi connectivity index (χ4n) is 10.9. The molecule has 3 heteroatoms. The first kappa shape index (κ1) is 24.0. The normalized spacial score (nSPS) is 53.0. The number of aliphatic hydroxyl groups is 2. The van der Waals surface area contributed by atoms with Gasteiger partial charge in [0.15, 0.2) is 5.78 Å². The summed E-state index contributed by atoms with van der Waals surface area (Å²) in [6.45, 7) is 16.3. The summed E-state index contributed by atoms with van der Waals surface area (Å²) in [5, 5.41) is 21.7. The van der Waals surface area contributed by atoms with Crippen LogP contribution < -0.4 is 0 Å². The minimum Gasteiger partial charge on any atom is -0.393 e. The Kier molecular flexibility index (Phi) is 5.24. The summed E-state index contributed by atoms with van der Waals surface area (Å²) < 4.78 is 0. The third kappa shape index (κ3) is 3.09. The number of ketones is 1. The number of hydrogen-bond acceptors (Lipinski definition) is 3. The van der Waals surface area contributed by atoms with Crippen LogP contribution in [0.3, 0.4) is 0 Å². The van der Waals surface area contributed by atoms with Crippen LogP contribution >= 0.6 is 0 Å². The van der Waals surface area contributed by atoms with Gasteiger partial charge in [0.2, 0.25) is 0 Å². The van der Waals surface area contributed by atoms with Crippen LogP contribution in [0.4, 0.5) is 0 Å². The number of carbonyl (C=O) groups is 1. The molecular formula is C30H48O3. The molecule has 2 N–H and O–H groups in total. The van der Waals surface area contributed by atoms with E-state index in [-0.39, 0.29) is 44.9 Å². The molecule has 0 aliphatic heterocycles. The molecule has 4 saturated carbocycles. The molecule has 0 amide bonds. The standard InChI is InChI=1S/C30H48O3/c1-26(2)21-10-13-28(5)17-18-16-20(31)25-27(3,4)24(33)11-14-29(25,6)19(18)8-9-22(28)30(21,7)15-12-23(26)32/h16,19,21-25,32-33H,8-15,17H2,1-7H3/t19-,21+,22+,23?,24?,25-,28-,29+,30-/m0/s1. The van der Waals surface area contributed by atoms with Crippen molar-refractivity contribution in [2.24, 2.45) is 50.7 Å². The van der Waals surface area contributed by atoms with E-state index in [1.807, 2.05) is 6.08 Å². The zero-order valence-electron chi connectivity index (χ0n) is 22.2. The fourth-order valence-corrected chi connectivity index (χ4v) is 10.9. The second-order valence-electron chi connectivity index (χ2n) is 14.9. The smallest absolute Gasteiger partial charge is 0.159 e. The predicted octanol–water partition coefficient (Wildman–Crippen LogP) is 6.32. The average Bonchev–Trinajstić information content (AvgIpc) is 2.85. The van der Waals surface area contributed by atoms with Crippen LogP contribution in [0.2, 0.25) is 0 Å². The van der Waals surface area contributed by atoms with Gasteiger partial charge in [-0.05, 0) is 103 Å². The van der Waals surface area contributed by atoms with Crippen molar-refractivity contribution in [3.8, 4) is 0 Å². The maximum absolute atomic E-state index is 13.6. The Hall–Kier alpha value is -0.670. The largest absolute Gasteiger partial charge is 0.393 e. The first-order chi connectivity index (χ1) is 15.2. The first-order valence-electron chi connectivity index (χ1n) is 13.8. The molecule has 0 bridgehead atoms. The lowest BCUT2D eigenvalue weighted by Gasteiger charge is -2.63. The number of hydrogen-bond donors (Lipinski definition) is 2. The Morgan fingerprint density at radius 3 is 2.00 bits per heavy atom. The van der Waals surface area contributed by atoms with Gasteiger partial charge in [-0.1, -0.05) is 54.0 Å². The summed E-state index contributed by atoms with van der Waals surface area (Å²) in [5.41, 5.74) is 1.48. The summed E-state index contributed by atoms with van der Waals surface area (Å²) in [6.07, 6.45) is 11.1. The molecule has 0 spiro atoms. The fraction of sp³-hybridized carbons (Fsp3) is 0.900. The van der Waals surface area contributed by atoms with Crippen molar-refractivity contribution in [3.05, 3.63) is 11.6 Å². The van der Waals surface area contributed by atoms with Gasteiger partial charge in [-0.25, -0.2) is 0 Å². The van der Waals surface area contributed by atoms with Crippen LogP contribution in [-0.2, 0) is 4.79 Å². The highest BCUT2D eigenvalue weighted by Gasteiger charge is 2.64. The van der Waals surface area contributed by atoms with Gasteiger partial charge in [-0.2, -0.15) is 0 Å². The van der Waals surface area contributed by atoms with Crippen LogP contribution in [0.1, 0.15) is 106 Å². The Bertz CT molecular complexity index is 870. The summed E-state index contributed by atoms with van der Waals surface area (Å²) >= 11 is 0. The highest BCUT2D eigenvalue weighted by Crippen LogP contribution is 2.70. The number of rotatable bonds is 0. The van der Waals surface area contributed by atoms with Crippen molar-refractivity contribution < 1.29 is 15.0 Å². The zero-order chi connectivity index (χ0) is 24.2. The Morgan fingerprint density at radius 2 is 1.33 bits per heavy atom. The van der Waals surface area contributed by atoms with Crippen molar-refractivity contribution in [2.45, 2.75) is 118 Å². The Morgan fingerprint density at radius 1 is 0.727 bits per heavy atom. The molecule has 0 aromatic rings. The molecule has 5 aliphatic rings. The average molecular weight is 457 g/mol. The zero-order valence-corrected chi connectivity index (χ0v) is 22.2. The van der Waals surface area contributed by atoms with E-state index in [2.05, 4.69) is 48.5 Å². The molecule has 0 aromatic heterocycles. The topological polar surface area (TPSA) is 57.5 Å². The molecule has 0 heterocycles. The van der Waals surface area contributed by atoms with Gasteiger partial charge < -0.3 is 10.2 Å². The van der Waals surface area contributed by atoms with E-state index in [1.54, 1.807) is 0 Å². The van der Waals surface area contributed by atoms with E-state index in [4.69, 9.17) is 0 Å². The summed E-state index contributed by atoms with van der Waals surface area (Å²) in [5.74, 6) is 1.86. The first-order valence-corrected chi connectivity index (χ1v) is 13.8. The van der Waals surface area contributed by atoms with Gasteiger partial charge in [0, 0.05) is 11.3 Å². The van der Waals surface area contributed by atoms with E-state index in [0.717, 1.165) is 32.1 Å². The second kappa shape index (κ2) is 7.19. The maximum atomic E-state index is 13.6. The summed E-state index contributed by atoms with van der Waals surface area (Å²) in [7, 11) is 0. The third-order valence-corrected chi connectivity index (χ3v) is 12.6. The predicted molar refractivity (Wildman–Crippen MR) is 132 cm³/mol. The molecule has 0 aromatic carbocycles. The van der Waals surface area contributed by atoms with Crippen LogP contribution in [0.15, 0.2) is 11.6 Å². The molecule has 9 atom stereocenters. The lowest BCUT2D eigenvalue weighted by atomic mass is 9.42. The van der Waals surface area contributed by atoms with Gasteiger partial charge >= 0.3 is 0 Å². The Labute approximate surface area is 201 Å². The van der Waals surface area contributed by atoms with E-state index in [1.165, 1.54) is 31.3 Å². The van der Waals surface area contributed by atoms with Crippen molar-refractivity contribution in [1.82, 2.24) is 0 Å². The summed E-state index contributed by atoms with van der Waals surface area (Å²) in [4.78, 5) is 13.6. The molecule has 2 unspecified atom stereocenters. The van der Waals surface area contributed by atoms with Gasteiger partial charge in [0.1, 0.15) is 0 Å². The van der Waals surface area contributed by atoms with Gasteiger partial charge in [0.05, 0.1) is 12.2 Å². The lowest BCUT2D eigenvalue weighted by Crippen LogP contribution is -2.58. The second-order valence-corrected chi connectivity index (χ2v) is 14.9. The monoisotopic (exact) mass is 456 g/mol. The Balaban J connectivity index is 1.54. The van der Waals surface area contributed by atoms with Crippen LogP contribution in [0.25, 0.3) is 0 Å². The van der Waals surface area contributed by atoms with Gasteiger partial charge in [0.25, 0.3) is 0 Å². The number of carbonyl (C=O) groups excluding carboxylic acids is 1. The van der Waals surface area contributed by atoms with E-state index >= 15 is 0 Å². The number of fused-ring (bicyclic) bond motifs is 6. The maximum Gasteiger partial charge on any atom is 0.159 e. The van der Waals surface area contributed by atoms with Gasteiger partial charge in [-0.15, -0.1) is 0 Å². The van der Waals surface area contributed by atoms with Crippen LogP contribution in [0, 0.1) is 50.7 Å². The highest BCUT2D eigenvalue weighted by atomic mass is 16.3. The van der Waals surface area contributed by atoms with Crippen molar-refractivity contribution in [2.75, 3.05) is 0 Å². The van der Waals surface area contributed by atoms with E-state index in [9.17, 15) is 15.0 Å². The van der Waals surface area contributed by atoms with E-state index < -0.39 is 6.10 Å². The molecule has 5 rings (SSSR count). The number of aliphatic hydroxyl groups excluding tert-OH is 2. The van der Waals surface area contributed by atoms with Gasteiger partial charge in [-0.3, -0.25) is 4.79 Å². The molecule has 4 fully saturated rings. The molecule has 0 saturated heterocycles. The molecule has 5 aliphatic carbocycles. The molecule has 0 radical (unpaired) electrons. The summed E-state index contributed by atoms with van der Waals surface area (Å²) in [6, 6.07) is 0. The minimum atomic E-state index is -0.393. The molecule has 3 nitrogen and oxygen atoms in total. The number of allylic oxidation sites excluding steroid dienone is 2. The lowest BCUT2D eigenvalue weighted by molar-refractivity contribution is -0.170. The molecule has 186 valence electrons. The van der Waals surface area contributed by atoms with Crippen LogP contribution in [0.5, 0.6) is 0 Å². The van der Waals surface area contributed by atoms with Crippen molar-refractivity contribution in [3.63, 3.8) is 0 Å². The SMILES string of the molecule is CC1(C)C(O)CC[C@@]2(C)[C@@H]1CC[C@@]1(C)CC3=CC(=O)[C@H]4C(C)(C)C(O)CC[C@]4(C)[C@H]3CC[C@H]12. The van der Waals surface area contributed by atoms with Crippen LogP contribution in [-0.4, -0.2) is 28.2 Å². The molecular weight excluding hydrogens is 408 g/mol. The van der Waals surface area contributed by atoms with Crippen molar-refractivity contribution in [1.29, 1.82) is 0 Å². The minimum absolute atomic E-state index is 0.0246. The molecule has 33 heavy (non-hydrogen) atoms.